The molecule has 0 aliphatic carbocycles. The SMILES string of the molecule is O=CC(O)COP(O)O. The Bertz CT molecular complexity index is 84.3. The molecule has 0 rings (SSSR count). The van der Waals surface area contributed by atoms with Crippen LogP contribution in [0.1, 0.15) is 0 Å². The Kier molecular flexibility index (Phi) is 4.75. The summed E-state index contributed by atoms with van der Waals surface area (Å²) in [5.41, 5.74) is 0. The molecule has 54 valence electrons. The van der Waals surface area contributed by atoms with Crippen molar-refractivity contribution in [2.45, 2.75) is 6.10 Å². The summed E-state index contributed by atoms with van der Waals surface area (Å²) in [5.74, 6) is 0. The number of hydrogen-bond donors (Lipinski definition) is 3. The van der Waals surface area contributed by atoms with Gasteiger partial charge >= 0.3 is 8.60 Å². The standard InChI is InChI=1S/C3H7O5P/c4-1-3(5)2-8-9(6)7/h1,3,5-7H,2H2. The van der Waals surface area contributed by atoms with Crippen molar-refractivity contribution in [3.63, 3.8) is 0 Å². The molecule has 0 fully saturated rings. The van der Waals surface area contributed by atoms with E-state index < -0.39 is 14.7 Å². The lowest BCUT2D eigenvalue weighted by atomic mass is 10.4. The van der Waals surface area contributed by atoms with Crippen molar-refractivity contribution in [2.24, 2.45) is 0 Å². The van der Waals surface area contributed by atoms with E-state index in [1.54, 1.807) is 0 Å². The fraction of sp³-hybridized carbons (Fsp3) is 0.667. The molecule has 0 aliphatic heterocycles. The van der Waals surface area contributed by atoms with E-state index in [0.29, 0.717) is 0 Å². The van der Waals surface area contributed by atoms with Crippen molar-refractivity contribution < 1.29 is 24.2 Å². The highest BCUT2D eigenvalue weighted by Gasteiger charge is 2.04. The summed E-state index contributed by atoms with van der Waals surface area (Å²) in [6, 6.07) is 0. The third kappa shape index (κ3) is 5.82. The van der Waals surface area contributed by atoms with Crippen LogP contribution in [0.15, 0.2) is 0 Å². The van der Waals surface area contributed by atoms with Crippen LogP contribution in [0.3, 0.4) is 0 Å². The molecule has 0 amide bonds. The van der Waals surface area contributed by atoms with Gasteiger partial charge in [0.15, 0.2) is 6.29 Å². The Morgan fingerprint density at radius 1 is 1.67 bits per heavy atom. The first-order chi connectivity index (χ1) is 4.16. The summed E-state index contributed by atoms with van der Waals surface area (Å²) in [4.78, 5) is 25.8. The van der Waals surface area contributed by atoms with Gasteiger partial charge in [0.1, 0.15) is 6.10 Å². The minimum Gasteiger partial charge on any atom is -0.383 e. The minimum absolute atomic E-state index is 0.249. The monoisotopic (exact) mass is 154 g/mol. The minimum atomic E-state index is -2.46. The summed E-state index contributed by atoms with van der Waals surface area (Å²) < 4.78 is 4.09. The third-order valence-corrected chi connectivity index (χ3v) is 0.898. The highest BCUT2D eigenvalue weighted by atomic mass is 31.2. The number of hydrogen-bond acceptors (Lipinski definition) is 5. The van der Waals surface area contributed by atoms with Crippen LogP contribution in [0.25, 0.3) is 0 Å². The molecule has 0 bridgehead atoms. The van der Waals surface area contributed by atoms with E-state index in [1.165, 1.54) is 0 Å². The second-order valence-corrected chi connectivity index (χ2v) is 2.02. The molecule has 5 nitrogen and oxygen atoms in total. The zero-order valence-corrected chi connectivity index (χ0v) is 5.36. The largest absolute Gasteiger partial charge is 0.383 e. The molecule has 0 aromatic rings. The predicted molar refractivity (Wildman–Crippen MR) is 29.4 cm³/mol. The van der Waals surface area contributed by atoms with E-state index in [2.05, 4.69) is 4.52 Å². The van der Waals surface area contributed by atoms with Crippen molar-refractivity contribution in [3.05, 3.63) is 0 Å². The van der Waals surface area contributed by atoms with Gasteiger partial charge in [-0.3, -0.25) is 0 Å². The van der Waals surface area contributed by atoms with Crippen LogP contribution in [0.4, 0.5) is 0 Å². The van der Waals surface area contributed by atoms with E-state index >= 15 is 0 Å². The van der Waals surface area contributed by atoms with Crippen LogP contribution in [-0.4, -0.2) is 33.9 Å². The molecule has 9 heavy (non-hydrogen) atoms. The number of aldehydes is 1. The lowest BCUT2D eigenvalue weighted by Crippen LogP contribution is -2.14. The van der Waals surface area contributed by atoms with E-state index in [-0.39, 0.29) is 12.9 Å². The Morgan fingerprint density at radius 2 is 2.22 bits per heavy atom. The first-order valence-corrected chi connectivity index (χ1v) is 3.27. The van der Waals surface area contributed by atoms with Crippen LogP contribution in [0.5, 0.6) is 0 Å². The summed E-state index contributed by atoms with van der Waals surface area (Å²) in [6.45, 7) is -0.373. The molecule has 0 aliphatic rings. The average Bonchev–Trinajstić information content (AvgIpc) is 1.83. The normalized spacial score (nSPS) is 13.8. The van der Waals surface area contributed by atoms with E-state index in [1.807, 2.05) is 0 Å². The second kappa shape index (κ2) is 4.78. The number of rotatable bonds is 4. The zero-order chi connectivity index (χ0) is 7.28. The molecular weight excluding hydrogens is 147 g/mol. The van der Waals surface area contributed by atoms with Crippen LogP contribution >= 0.6 is 8.60 Å². The van der Waals surface area contributed by atoms with E-state index in [9.17, 15) is 4.79 Å². The lowest BCUT2D eigenvalue weighted by molar-refractivity contribution is -0.116. The van der Waals surface area contributed by atoms with Gasteiger partial charge in [-0.15, -0.1) is 0 Å². The molecule has 0 heterocycles. The van der Waals surface area contributed by atoms with Gasteiger partial charge in [-0.2, -0.15) is 0 Å². The first kappa shape index (κ1) is 8.94. The fourth-order valence-corrected chi connectivity index (χ4v) is 0.468. The maximum atomic E-state index is 9.63. The zero-order valence-electron chi connectivity index (χ0n) is 4.47. The number of carbonyl (C=O) groups is 1. The second-order valence-electron chi connectivity index (χ2n) is 1.25. The number of carbonyl (C=O) groups excluding carboxylic acids is 1. The highest BCUT2D eigenvalue weighted by molar-refractivity contribution is 7.39. The van der Waals surface area contributed by atoms with Gasteiger partial charge in [-0.25, -0.2) is 0 Å². The van der Waals surface area contributed by atoms with Crippen molar-refractivity contribution in [1.29, 1.82) is 0 Å². The molecule has 1 unspecified atom stereocenters. The van der Waals surface area contributed by atoms with Gasteiger partial charge in [-0.05, 0) is 0 Å². The number of aliphatic hydroxyl groups excluding tert-OH is 1. The van der Waals surface area contributed by atoms with Crippen LogP contribution < -0.4 is 0 Å². The molecule has 1 atom stereocenters. The smallest absolute Gasteiger partial charge is 0.327 e. The molecule has 0 saturated heterocycles. The molecule has 0 spiro atoms. The third-order valence-electron chi connectivity index (χ3n) is 0.518. The predicted octanol–water partition coefficient (Wildman–Crippen LogP) is -1.23. The maximum absolute atomic E-state index is 9.63. The van der Waals surface area contributed by atoms with E-state index in [0.717, 1.165) is 0 Å². The molecule has 0 radical (unpaired) electrons. The Morgan fingerprint density at radius 3 is 2.56 bits per heavy atom. The van der Waals surface area contributed by atoms with Gasteiger partial charge in [0.25, 0.3) is 0 Å². The average molecular weight is 154 g/mol. The van der Waals surface area contributed by atoms with Crippen LogP contribution in [0, 0.1) is 0 Å². The molecule has 3 N–H and O–H groups in total. The topological polar surface area (TPSA) is 87.0 Å². The van der Waals surface area contributed by atoms with Crippen molar-refractivity contribution in [3.8, 4) is 0 Å². The van der Waals surface area contributed by atoms with Crippen LogP contribution in [0.2, 0.25) is 0 Å². The van der Waals surface area contributed by atoms with Gasteiger partial charge in [0.05, 0.1) is 6.61 Å². The first-order valence-electron chi connectivity index (χ1n) is 2.11. The van der Waals surface area contributed by atoms with Crippen molar-refractivity contribution >= 4 is 14.9 Å². The fourth-order valence-electron chi connectivity index (χ4n) is 0.182. The summed E-state index contributed by atoms with van der Waals surface area (Å²) >= 11 is 0. The summed E-state index contributed by atoms with van der Waals surface area (Å²) in [5, 5.41) is 8.40. The molecular formula is C3H7O5P. The number of aliphatic hydroxyl groups is 1. The van der Waals surface area contributed by atoms with Gasteiger partial charge in [-0.1, -0.05) is 0 Å². The van der Waals surface area contributed by atoms with Crippen molar-refractivity contribution in [2.75, 3.05) is 6.61 Å². The summed E-state index contributed by atoms with van der Waals surface area (Å²) in [6.07, 6.45) is -1.02. The highest BCUT2D eigenvalue weighted by Crippen LogP contribution is 2.23. The molecule has 0 saturated carbocycles. The molecule has 0 aromatic carbocycles. The van der Waals surface area contributed by atoms with Gasteiger partial charge < -0.3 is 24.2 Å². The maximum Gasteiger partial charge on any atom is 0.327 e. The van der Waals surface area contributed by atoms with Crippen LogP contribution in [-0.2, 0) is 9.32 Å². The van der Waals surface area contributed by atoms with Crippen molar-refractivity contribution in [1.82, 2.24) is 0 Å². The van der Waals surface area contributed by atoms with Gasteiger partial charge in [0, 0.05) is 0 Å². The summed E-state index contributed by atoms with van der Waals surface area (Å²) in [7, 11) is -2.46. The molecule has 0 aromatic heterocycles. The Balaban J connectivity index is 3.16. The molecule has 6 heteroatoms. The lowest BCUT2D eigenvalue weighted by Gasteiger charge is -2.03. The quantitative estimate of drug-likeness (QED) is 0.348. The Labute approximate surface area is 52.9 Å². The Hall–Kier alpha value is -0.0600. The van der Waals surface area contributed by atoms with Gasteiger partial charge in [0.2, 0.25) is 0 Å². The van der Waals surface area contributed by atoms with E-state index in [4.69, 9.17) is 14.9 Å².